The lowest BCUT2D eigenvalue weighted by Crippen LogP contribution is -2.26. The molecule has 0 bridgehead atoms. The summed E-state index contributed by atoms with van der Waals surface area (Å²) in [6, 6.07) is 4.88. The van der Waals surface area contributed by atoms with Crippen molar-refractivity contribution in [2.24, 2.45) is 7.05 Å². The molecule has 0 spiro atoms. The van der Waals surface area contributed by atoms with Gasteiger partial charge < -0.3 is 9.88 Å². The van der Waals surface area contributed by atoms with Crippen LogP contribution < -0.4 is 5.32 Å². The van der Waals surface area contributed by atoms with Gasteiger partial charge in [0.2, 0.25) is 0 Å². The van der Waals surface area contributed by atoms with Gasteiger partial charge in [-0.15, -0.1) is 0 Å². The van der Waals surface area contributed by atoms with Gasteiger partial charge in [-0.05, 0) is 50.0 Å². The maximum atomic E-state index is 13.5. The number of piperidine rings is 1. The van der Waals surface area contributed by atoms with E-state index in [2.05, 4.69) is 15.0 Å². The Morgan fingerprint density at radius 2 is 2.05 bits per heavy atom. The largest absolute Gasteiger partial charge is 0.327 e. The molecule has 0 amide bonds. The number of imidazole rings is 1. The average molecular weight is 272 g/mol. The number of nitrogens with zero attached hydrogens (tertiary/aromatic N) is 3. The van der Waals surface area contributed by atoms with Crippen LogP contribution in [0.2, 0.25) is 0 Å². The van der Waals surface area contributed by atoms with Crippen LogP contribution in [0.4, 0.5) is 4.39 Å². The highest BCUT2D eigenvalue weighted by molar-refractivity contribution is 5.82. The summed E-state index contributed by atoms with van der Waals surface area (Å²) in [5.74, 6) is 0.339. The number of hydrogen-bond donors (Lipinski definition) is 1. The van der Waals surface area contributed by atoms with Crippen LogP contribution in [0.3, 0.4) is 0 Å². The molecule has 0 saturated carbocycles. The van der Waals surface area contributed by atoms with Crippen molar-refractivity contribution in [3.8, 4) is 0 Å². The molecular formula is C15H17FN4. The first-order valence-electron chi connectivity index (χ1n) is 7.08. The van der Waals surface area contributed by atoms with E-state index < -0.39 is 0 Å². The molecule has 0 atom stereocenters. The molecule has 1 fully saturated rings. The molecule has 1 aromatic carbocycles. The number of benzene rings is 1. The van der Waals surface area contributed by atoms with E-state index in [-0.39, 0.29) is 5.82 Å². The highest BCUT2D eigenvalue weighted by atomic mass is 19.1. The number of nitrogens with one attached hydrogen (secondary N) is 1. The summed E-state index contributed by atoms with van der Waals surface area (Å²) in [7, 11) is 1.99. The van der Waals surface area contributed by atoms with Gasteiger partial charge in [0.25, 0.3) is 0 Å². The third-order valence-electron chi connectivity index (χ3n) is 4.39. The summed E-state index contributed by atoms with van der Waals surface area (Å²) in [4.78, 5) is 0. The monoisotopic (exact) mass is 272 g/mol. The fourth-order valence-corrected chi connectivity index (χ4v) is 3.35. The normalized spacial score (nSPS) is 17.3. The number of aryl methyl sites for hydroxylation is 1. The SMILES string of the molecule is Cn1c2cc(F)ccc2n2ncc(C3CCNCC3)c12. The van der Waals surface area contributed by atoms with E-state index in [0.717, 1.165) is 42.6 Å². The van der Waals surface area contributed by atoms with Crippen molar-refractivity contribution >= 4 is 16.7 Å². The van der Waals surface area contributed by atoms with Gasteiger partial charge in [-0.25, -0.2) is 8.91 Å². The van der Waals surface area contributed by atoms with E-state index in [1.165, 1.54) is 11.6 Å². The van der Waals surface area contributed by atoms with Crippen molar-refractivity contribution in [2.75, 3.05) is 13.1 Å². The van der Waals surface area contributed by atoms with Gasteiger partial charge in [-0.1, -0.05) is 0 Å². The molecule has 3 aromatic rings. The fraction of sp³-hybridized carbons (Fsp3) is 0.400. The third-order valence-corrected chi connectivity index (χ3v) is 4.39. The first kappa shape index (κ1) is 11.9. The van der Waals surface area contributed by atoms with Crippen molar-refractivity contribution in [1.29, 1.82) is 0 Å². The first-order chi connectivity index (χ1) is 9.75. The van der Waals surface area contributed by atoms with Gasteiger partial charge in [0.15, 0.2) is 0 Å². The van der Waals surface area contributed by atoms with E-state index in [1.54, 1.807) is 12.1 Å². The van der Waals surface area contributed by atoms with Crippen LogP contribution in [0.1, 0.15) is 24.3 Å². The molecule has 20 heavy (non-hydrogen) atoms. The molecule has 0 unspecified atom stereocenters. The number of halogens is 1. The van der Waals surface area contributed by atoms with Crippen molar-refractivity contribution < 1.29 is 4.39 Å². The summed E-state index contributed by atoms with van der Waals surface area (Å²) in [6.07, 6.45) is 4.25. The molecule has 4 nitrogen and oxygen atoms in total. The lowest BCUT2D eigenvalue weighted by Gasteiger charge is -2.21. The predicted molar refractivity (Wildman–Crippen MR) is 76.5 cm³/mol. The molecule has 1 aliphatic rings. The van der Waals surface area contributed by atoms with Gasteiger partial charge in [0, 0.05) is 12.6 Å². The topological polar surface area (TPSA) is 34.3 Å². The number of rotatable bonds is 1. The second kappa shape index (κ2) is 4.31. The average Bonchev–Trinajstić information content (AvgIpc) is 3.01. The van der Waals surface area contributed by atoms with Crippen molar-refractivity contribution in [1.82, 2.24) is 19.5 Å². The highest BCUT2D eigenvalue weighted by Gasteiger charge is 2.22. The summed E-state index contributed by atoms with van der Waals surface area (Å²) >= 11 is 0. The quantitative estimate of drug-likeness (QED) is 0.738. The number of fused-ring (bicyclic) bond motifs is 3. The zero-order valence-corrected chi connectivity index (χ0v) is 11.4. The molecule has 5 heteroatoms. The Kier molecular flexibility index (Phi) is 2.57. The molecule has 1 aliphatic heterocycles. The Bertz CT molecular complexity index is 780. The molecule has 104 valence electrons. The van der Waals surface area contributed by atoms with E-state index in [9.17, 15) is 4.39 Å². The summed E-state index contributed by atoms with van der Waals surface area (Å²) in [5.41, 5.74) is 4.23. The predicted octanol–water partition coefficient (Wildman–Crippen LogP) is 2.43. The maximum Gasteiger partial charge on any atom is 0.140 e. The molecule has 0 radical (unpaired) electrons. The number of hydrogen-bond acceptors (Lipinski definition) is 2. The van der Waals surface area contributed by atoms with Crippen LogP contribution in [-0.4, -0.2) is 27.3 Å². The van der Waals surface area contributed by atoms with E-state index in [1.807, 2.05) is 17.8 Å². The fourth-order valence-electron chi connectivity index (χ4n) is 3.35. The van der Waals surface area contributed by atoms with Crippen LogP contribution in [0.15, 0.2) is 24.4 Å². The van der Waals surface area contributed by atoms with E-state index in [0.29, 0.717) is 5.92 Å². The molecule has 2 aromatic heterocycles. The number of aromatic nitrogens is 3. The second-order valence-electron chi connectivity index (χ2n) is 5.55. The molecule has 3 heterocycles. The maximum absolute atomic E-state index is 13.5. The lowest BCUT2D eigenvalue weighted by molar-refractivity contribution is 0.461. The standard InChI is InChI=1S/C15H17FN4/c1-19-14-8-11(16)2-3-13(14)20-15(19)12(9-18-20)10-4-6-17-7-5-10/h2-3,8-10,17H,4-7H2,1H3. The summed E-state index contributed by atoms with van der Waals surface area (Å²) in [5, 5.41) is 7.92. The minimum absolute atomic E-state index is 0.204. The van der Waals surface area contributed by atoms with Crippen molar-refractivity contribution in [3.05, 3.63) is 35.8 Å². The van der Waals surface area contributed by atoms with Crippen LogP contribution in [0, 0.1) is 5.82 Å². The van der Waals surface area contributed by atoms with E-state index in [4.69, 9.17) is 0 Å². The third kappa shape index (κ3) is 1.59. The van der Waals surface area contributed by atoms with E-state index >= 15 is 0 Å². The zero-order valence-electron chi connectivity index (χ0n) is 11.4. The van der Waals surface area contributed by atoms with Crippen molar-refractivity contribution in [2.45, 2.75) is 18.8 Å². The Hall–Kier alpha value is -1.88. The Labute approximate surface area is 116 Å². The van der Waals surface area contributed by atoms with Gasteiger partial charge in [0.1, 0.15) is 11.5 Å². The zero-order chi connectivity index (χ0) is 13.7. The van der Waals surface area contributed by atoms with Gasteiger partial charge in [-0.3, -0.25) is 0 Å². The van der Waals surface area contributed by atoms with Gasteiger partial charge >= 0.3 is 0 Å². The molecule has 1 saturated heterocycles. The molecule has 4 rings (SSSR count). The smallest absolute Gasteiger partial charge is 0.140 e. The molecular weight excluding hydrogens is 255 g/mol. The second-order valence-corrected chi connectivity index (χ2v) is 5.55. The Morgan fingerprint density at radius 1 is 1.25 bits per heavy atom. The van der Waals surface area contributed by atoms with Gasteiger partial charge in [0.05, 0.1) is 17.2 Å². The minimum Gasteiger partial charge on any atom is -0.327 e. The first-order valence-corrected chi connectivity index (χ1v) is 7.08. The molecule has 1 N–H and O–H groups in total. The lowest BCUT2D eigenvalue weighted by atomic mass is 9.92. The highest BCUT2D eigenvalue weighted by Crippen LogP contribution is 2.31. The van der Waals surface area contributed by atoms with Crippen LogP contribution >= 0.6 is 0 Å². The van der Waals surface area contributed by atoms with Crippen LogP contribution in [0.25, 0.3) is 16.7 Å². The Balaban J connectivity index is 1.97. The summed E-state index contributed by atoms with van der Waals surface area (Å²) < 4.78 is 17.5. The minimum atomic E-state index is -0.204. The van der Waals surface area contributed by atoms with Crippen LogP contribution in [0.5, 0.6) is 0 Å². The van der Waals surface area contributed by atoms with Gasteiger partial charge in [-0.2, -0.15) is 5.10 Å². The Morgan fingerprint density at radius 3 is 2.85 bits per heavy atom. The van der Waals surface area contributed by atoms with Crippen molar-refractivity contribution in [3.63, 3.8) is 0 Å². The van der Waals surface area contributed by atoms with Crippen LogP contribution in [-0.2, 0) is 7.05 Å². The molecule has 0 aliphatic carbocycles. The summed E-state index contributed by atoms with van der Waals surface area (Å²) in [6.45, 7) is 2.11.